The Bertz CT molecular complexity index is 497. The van der Waals surface area contributed by atoms with Gasteiger partial charge in [0.05, 0.1) is 5.02 Å². The highest BCUT2D eigenvalue weighted by Gasteiger charge is 1.98. The Kier molecular flexibility index (Phi) is 4.65. The Balaban J connectivity index is 1.88. The Labute approximate surface area is 111 Å². The molecule has 2 aromatic rings. The third-order valence-electron chi connectivity index (χ3n) is 2.15. The molecule has 0 saturated heterocycles. The topological polar surface area (TPSA) is 12.9 Å². The zero-order valence-electron chi connectivity index (χ0n) is 9.21. The lowest BCUT2D eigenvalue weighted by atomic mass is 10.2. The van der Waals surface area contributed by atoms with Crippen LogP contribution in [0.3, 0.4) is 0 Å². The molecule has 0 fully saturated rings. The first kappa shape index (κ1) is 12.2. The van der Waals surface area contributed by atoms with E-state index < -0.39 is 0 Å². The number of halogens is 1. The van der Waals surface area contributed by atoms with Gasteiger partial charge in [-0.2, -0.15) is 0 Å². The highest BCUT2D eigenvalue weighted by Crippen LogP contribution is 2.24. The highest BCUT2D eigenvalue weighted by molar-refractivity contribution is 7.99. The monoisotopic (exact) mass is 261 g/mol. The molecule has 0 amide bonds. The summed E-state index contributed by atoms with van der Waals surface area (Å²) in [5.41, 5.74) is 1.21. The number of rotatable bonds is 4. The Morgan fingerprint density at radius 1 is 1.12 bits per heavy atom. The van der Waals surface area contributed by atoms with E-state index in [9.17, 15) is 0 Å². The van der Waals surface area contributed by atoms with E-state index >= 15 is 0 Å². The maximum absolute atomic E-state index is 6.01. The van der Waals surface area contributed by atoms with Crippen molar-refractivity contribution in [3.8, 4) is 0 Å². The predicted octanol–water partition coefficient (Wildman–Crippen LogP) is 4.54. The van der Waals surface area contributed by atoms with Crippen LogP contribution in [-0.4, -0.2) is 10.7 Å². The molecule has 0 unspecified atom stereocenters. The van der Waals surface area contributed by atoms with E-state index in [-0.39, 0.29) is 0 Å². The van der Waals surface area contributed by atoms with Crippen molar-refractivity contribution in [2.24, 2.45) is 0 Å². The third kappa shape index (κ3) is 3.91. The van der Waals surface area contributed by atoms with Crippen molar-refractivity contribution >= 4 is 29.4 Å². The average Bonchev–Trinajstić information content (AvgIpc) is 2.38. The lowest BCUT2D eigenvalue weighted by molar-refractivity contribution is 1.14. The summed E-state index contributed by atoms with van der Waals surface area (Å²) < 4.78 is 0. The second kappa shape index (κ2) is 6.48. The molecule has 0 bridgehead atoms. The molecule has 0 aliphatic rings. The molecule has 1 aromatic carbocycles. The van der Waals surface area contributed by atoms with E-state index in [1.54, 1.807) is 18.0 Å². The Morgan fingerprint density at radius 3 is 2.71 bits per heavy atom. The van der Waals surface area contributed by atoms with Gasteiger partial charge in [0.1, 0.15) is 5.03 Å². The van der Waals surface area contributed by atoms with Gasteiger partial charge in [0.25, 0.3) is 0 Å². The number of pyridine rings is 1. The smallest absolute Gasteiger partial charge is 0.115 e. The molecule has 0 atom stereocenters. The minimum absolute atomic E-state index is 0.714. The number of hydrogen-bond donors (Lipinski definition) is 0. The van der Waals surface area contributed by atoms with E-state index in [1.807, 2.05) is 30.3 Å². The van der Waals surface area contributed by atoms with Gasteiger partial charge in [0, 0.05) is 11.9 Å². The minimum Gasteiger partial charge on any atom is -0.248 e. The van der Waals surface area contributed by atoms with Crippen molar-refractivity contribution in [3.05, 3.63) is 65.3 Å². The lowest BCUT2D eigenvalue weighted by Crippen LogP contribution is -1.81. The molecule has 0 radical (unpaired) electrons. The molecule has 86 valence electrons. The fourth-order valence-electron chi connectivity index (χ4n) is 1.35. The van der Waals surface area contributed by atoms with Crippen molar-refractivity contribution < 1.29 is 0 Å². The Hall–Kier alpha value is -1.25. The first-order chi connectivity index (χ1) is 8.36. The Morgan fingerprint density at radius 2 is 1.94 bits per heavy atom. The van der Waals surface area contributed by atoms with Crippen LogP contribution in [0.2, 0.25) is 5.02 Å². The fraction of sp³-hybridized carbons (Fsp3) is 0.0714. The number of nitrogens with zero attached hydrogens (tertiary/aromatic N) is 1. The first-order valence-electron chi connectivity index (χ1n) is 5.31. The van der Waals surface area contributed by atoms with Crippen LogP contribution < -0.4 is 0 Å². The van der Waals surface area contributed by atoms with Gasteiger partial charge >= 0.3 is 0 Å². The summed E-state index contributed by atoms with van der Waals surface area (Å²) in [4.78, 5) is 4.22. The number of hydrogen-bond acceptors (Lipinski definition) is 2. The molecule has 17 heavy (non-hydrogen) atoms. The van der Waals surface area contributed by atoms with E-state index in [0.29, 0.717) is 5.02 Å². The second-order valence-corrected chi connectivity index (χ2v) is 4.83. The van der Waals surface area contributed by atoms with Gasteiger partial charge in [-0.05, 0) is 17.7 Å². The minimum atomic E-state index is 0.714. The van der Waals surface area contributed by atoms with Crippen LogP contribution in [0.5, 0.6) is 0 Å². The summed E-state index contributed by atoms with van der Waals surface area (Å²) in [5, 5.41) is 1.59. The summed E-state index contributed by atoms with van der Waals surface area (Å²) >= 11 is 7.65. The number of aromatic nitrogens is 1. The molecule has 0 aliphatic carbocycles. The maximum Gasteiger partial charge on any atom is 0.115 e. The van der Waals surface area contributed by atoms with Crippen molar-refractivity contribution in [1.29, 1.82) is 0 Å². The van der Waals surface area contributed by atoms with Gasteiger partial charge in [-0.1, -0.05) is 54.1 Å². The van der Waals surface area contributed by atoms with Crippen LogP contribution in [0.1, 0.15) is 5.56 Å². The molecule has 3 heteroatoms. The molecule has 2 rings (SSSR count). The summed E-state index contributed by atoms with van der Waals surface area (Å²) in [6.07, 6.45) is 5.98. The normalized spacial score (nSPS) is 10.9. The van der Waals surface area contributed by atoms with Crippen LogP contribution in [0.4, 0.5) is 0 Å². The molecule has 1 nitrogen and oxygen atoms in total. The average molecular weight is 262 g/mol. The molecular weight excluding hydrogens is 250 g/mol. The van der Waals surface area contributed by atoms with Gasteiger partial charge in [-0.25, -0.2) is 4.98 Å². The van der Waals surface area contributed by atoms with Crippen molar-refractivity contribution in [2.45, 2.75) is 5.03 Å². The van der Waals surface area contributed by atoms with Gasteiger partial charge < -0.3 is 0 Å². The number of thioether (sulfide) groups is 1. The molecular formula is C14H12ClNS. The molecule has 0 N–H and O–H groups in total. The third-order valence-corrected chi connectivity index (χ3v) is 3.53. The van der Waals surface area contributed by atoms with Gasteiger partial charge in [0.2, 0.25) is 0 Å². The zero-order chi connectivity index (χ0) is 11.9. The predicted molar refractivity (Wildman–Crippen MR) is 75.4 cm³/mol. The SMILES string of the molecule is Clc1cccnc1SCC=Cc1ccccc1. The van der Waals surface area contributed by atoms with E-state index in [4.69, 9.17) is 11.6 Å². The summed E-state index contributed by atoms with van der Waals surface area (Å²) in [6.45, 7) is 0. The van der Waals surface area contributed by atoms with E-state index in [1.165, 1.54) is 5.56 Å². The number of benzene rings is 1. The van der Waals surface area contributed by atoms with Gasteiger partial charge in [0.15, 0.2) is 0 Å². The summed E-state index contributed by atoms with van der Waals surface area (Å²) in [7, 11) is 0. The van der Waals surface area contributed by atoms with Crippen molar-refractivity contribution in [2.75, 3.05) is 5.75 Å². The van der Waals surface area contributed by atoms with Crippen LogP contribution in [0, 0.1) is 0 Å². The summed E-state index contributed by atoms with van der Waals surface area (Å²) in [6, 6.07) is 13.9. The zero-order valence-corrected chi connectivity index (χ0v) is 10.8. The van der Waals surface area contributed by atoms with E-state index in [2.05, 4.69) is 29.3 Å². The van der Waals surface area contributed by atoms with Gasteiger partial charge in [-0.15, -0.1) is 11.8 Å². The van der Waals surface area contributed by atoms with Crippen molar-refractivity contribution in [3.63, 3.8) is 0 Å². The standard InChI is InChI=1S/C14H12ClNS/c15-13-9-4-10-16-14(13)17-11-5-8-12-6-2-1-3-7-12/h1-10H,11H2. The molecule has 1 heterocycles. The quantitative estimate of drug-likeness (QED) is 0.750. The molecule has 0 saturated carbocycles. The fourth-order valence-corrected chi connectivity index (χ4v) is 2.33. The van der Waals surface area contributed by atoms with Crippen LogP contribution in [0.15, 0.2) is 59.8 Å². The van der Waals surface area contributed by atoms with E-state index in [0.717, 1.165) is 10.8 Å². The highest BCUT2D eigenvalue weighted by atomic mass is 35.5. The molecule has 0 aliphatic heterocycles. The van der Waals surface area contributed by atoms with Crippen LogP contribution in [0.25, 0.3) is 6.08 Å². The van der Waals surface area contributed by atoms with Gasteiger partial charge in [-0.3, -0.25) is 0 Å². The molecule has 0 spiro atoms. The van der Waals surface area contributed by atoms with Crippen molar-refractivity contribution in [1.82, 2.24) is 4.98 Å². The molecule has 1 aromatic heterocycles. The second-order valence-electron chi connectivity index (χ2n) is 3.41. The van der Waals surface area contributed by atoms with Crippen LogP contribution in [-0.2, 0) is 0 Å². The maximum atomic E-state index is 6.01. The van der Waals surface area contributed by atoms with Crippen LogP contribution >= 0.6 is 23.4 Å². The largest absolute Gasteiger partial charge is 0.248 e. The summed E-state index contributed by atoms with van der Waals surface area (Å²) in [5.74, 6) is 0.867. The lowest BCUT2D eigenvalue weighted by Gasteiger charge is -1.99. The first-order valence-corrected chi connectivity index (χ1v) is 6.67.